The Bertz CT molecular complexity index is 2350. The highest BCUT2D eigenvalue weighted by molar-refractivity contribution is 6.14. The fraction of sp³-hybridized carbons (Fsp3) is 0.0769. The maximum Gasteiger partial charge on any atom is 0.137 e. The van der Waals surface area contributed by atoms with Gasteiger partial charge in [-0.2, -0.15) is 0 Å². The molecule has 0 saturated heterocycles. The monoisotopic (exact) mass is 541 g/mol. The van der Waals surface area contributed by atoms with E-state index >= 15 is 0 Å². The van der Waals surface area contributed by atoms with Gasteiger partial charge < -0.3 is 13.7 Å². The van der Waals surface area contributed by atoms with Gasteiger partial charge in [-0.3, -0.25) is 0 Å². The summed E-state index contributed by atoms with van der Waals surface area (Å²) < 4.78 is 12.5. The van der Waals surface area contributed by atoms with Gasteiger partial charge in [0.25, 0.3) is 0 Å². The molecule has 1 aliphatic carbocycles. The minimum Gasteiger partial charge on any atom is -0.456 e. The number of fused-ring (bicyclic) bond motifs is 9. The molecule has 0 radical (unpaired) electrons. The summed E-state index contributed by atoms with van der Waals surface area (Å²) in [5.74, 6) is 0. The van der Waals surface area contributed by atoms with E-state index in [2.05, 4.69) is 122 Å². The van der Waals surface area contributed by atoms with Crippen molar-refractivity contribution in [1.29, 1.82) is 0 Å². The first-order valence-electron chi connectivity index (χ1n) is 14.4. The molecule has 0 atom stereocenters. The molecule has 1 aliphatic rings. The van der Waals surface area contributed by atoms with Gasteiger partial charge in [-0.1, -0.05) is 86.6 Å². The molecule has 9 rings (SSSR count). The summed E-state index contributed by atoms with van der Waals surface area (Å²) in [6.07, 6.45) is 0. The van der Waals surface area contributed by atoms with Gasteiger partial charge in [0.15, 0.2) is 0 Å². The Balaban J connectivity index is 1.34. The van der Waals surface area contributed by atoms with Crippen LogP contribution in [0.15, 0.2) is 136 Å². The number of hydrogen-bond acceptors (Lipinski definition) is 3. The molecule has 3 heteroatoms. The van der Waals surface area contributed by atoms with Crippen molar-refractivity contribution in [3.05, 3.63) is 139 Å². The summed E-state index contributed by atoms with van der Waals surface area (Å²) >= 11 is 0. The van der Waals surface area contributed by atoms with Crippen LogP contribution in [0.4, 0.5) is 17.1 Å². The van der Waals surface area contributed by atoms with Crippen molar-refractivity contribution >= 4 is 60.9 Å². The normalized spacial score (nSPS) is 13.7. The van der Waals surface area contributed by atoms with Crippen molar-refractivity contribution < 1.29 is 8.83 Å². The highest BCUT2D eigenvalue weighted by atomic mass is 16.3. The van der Waals surface area contributed by atoms with Crippen LogP contribution in [0.5, 0.6) is 0 Å². The molecular formula is C39H27NO2. The predicted octanol–water partition coefficient (Wildman–Crippen LogP) is 11.3. The highest BCUT2D eigenvalue weighted by Crippen LogP contribution is 2.51. The van der Waals surface area contributed by atoms with Gasteiger partial charge in [0, 0.05) is 32.9 Å². The van der Waals surface area contributed by atoms with E-state index in [0.29, 0.717) is 0 Å². The molecule has 42 heavy (non-hydrogen) atoms. The van der Waals surface area contributed by atoms with E-state index in [0.717, 1.165) is 60.9 Å². The van der Waals surface area contributed by atoms with Crippen LogP contribution in [-0.2, 0) is 5.41 Å². The molecule has 6 aromatic carbocycles. The molecule has 8 aromatic rings. The molecule has 0 amide bonds. The van der Waals surface area contributed by atoms with Gasteiger partial charge in [-0.05, 0) is 76.9 Å². The maximum atomic E-state index is 6.34. The topological polar surface area (TPSA) is 29.5 Å². The summed E-state index contributed by atoms with van der Waals surface area (Å²) in [5.41, 5.74) is 12.1. The molecule has 0 unspecified atom stereocenters. The Kier molecular flexibility index (Phi) is 4.67. The number of nitrogens with zero attached hydrogens (tertiary/aromatic N) is 1. The zero-order valence-corrected chi connectivity index (χ0v) is 23.4. The first-order chi connectivity index (χ1) is 20.6. The standard InChI is InChI=1S/C39H27NO2/c1-39(2)31-13-6-3-10-26(31)27-20-18-25(23-32(27)39)40(24-19-21-36-30(22-24)28-11-4-7-15-34(28)41-36)33-14-9-17-37-38(33)29-12-5-8-16-35(29)42-37/h3-23H,1-2H3. The van der Waals surface area contributed by atoms with E-state index in [1.807, 2.05) is 24.3 Å². The van der Waals surface area contributed by atoms with E-state index in [1.54, 1.807) is 0 Å². The van der Waals surface area contributed by atoms with Crippen molar-refractivity contribution in [2.24, 2.45) is 0 Å². The number of furan rings is 2. The fourth-order valence-electron chi connectivity index (χ4n) is 7.05. The molecule has 0 aliphatic heterocycles. The van der Waals surface area contributed by atoms with Crippen LogP contribution >= 0.6 is 0 Å². The molecule has 0 spiro atoms. The van der Waals surface area contributed by atoms with Crippen LogP contribution in [0.3, 0.4) is 0 Å². The minimum atomic E-state index is -0.104. The smallest absolute Gasteiger partial charge is 0.137 e. The molecule has 2 aromatic heterocycles. The van der Waals surface area contributed by atoms with Gasteiger partial charge >= 0.3 is 0 Å². The van der Waals surface area contributed by atoms with Crippen molar-refractivity contribution in [2.45, 2.75) is 19.3 Å². The quantitative estimate of drug-likeness (QED) is 0.223. The molecule has 0 saturated carbocycles. The molecular weight excluding hydrogens is 514 g/mol. The van der Waals surface area contributed by atoms with Crippen LogP contribution in [0.25, 0.3) is 55.0 Å². The lowest BCUT2D eigenvalue weighted by Gasteiger charge is -2.28. The van der Waals surface area contributed by atoms with Crippen molar-refractivity contribution in [2.75, 3.05) is 4.90 Å². The summed E-state index contributed by atoms with van der Waals surface area (Å²) in [5, 5.41) is 4.43. The number of anilines is 3. The lowest BCUT2D eigenvalue weighted by molar-refractivity contribution is 0.660. The van der Waals surface area contributed by atoms with E-state index in [4.69, 9.17) is 8.83 Å². The second kappa shape index (κ2) is 8.37. The van der Waals surface area contributed by atoms with Crippen molar-refractivity contribution in [1.82, 2.24) is 0 Å². The Labute approximate surface area is 243 Å². The number of para-hydroxylation sites is 2. The molecule has 3 nitrogen and oxygen atoms in total. The number of hydrogen-bond donors (Lipinski definition) is 0. The van der Waals surface area contributed by atoms with Gasteiger partial charge in [-0.25, -0.2) is 0 Å². The Morgan fingerprint density at radius 1 is 0.476 bits per heavy atom. The average molecular weight is 542 g/mol. The van der Waals surface area contributed by atoms with E-state index < -0.39 is 0 Å². The first kappa shape index (κ1) is 23.4. The minimum absolute atomic E-state index is 0.104. The van der Waals surface area contributed by atoms with Gasteiger partial charge in [0.1, 0.15) is 22.3 Å². The first-order valence-corrected chi connectivity index (χ1v) is 14.4. The number of rotatable bonds is 3. The van der Waals surface area contributed by atoms with E-state index in [-0.39, 0.29) is 5.41 Å². The van der Waals surface area contributed by atoms with Gasteiger partial charge in [0.2, 0.25) is 0 Å². The van der Waals surface area contributed by atoms with Gasteiger partial charge in [-0.15, -0.1) is 0 Å². The average Bonchev–Trinajstić information content (AvgIpc) is 3.66. The van der Waals surface area contributed by atoms with E-state index in [9.17, 15) is 0 Å². The Morgan fingerprint density at radius 3 is 1.98 bits per heavy atom. The van der Waals surface area contributed by atoms with E-state index in [1.165, 1.54) is 22.3 Å². The molecule has 0 bridgehead atoms. The fourth-order valence-corrected chi connectivity index (χ4v) is 7.05. The summed E-state index contributed by atoms with van der Waals surface area (Å²) in [6, 6.07) is 45.2. The highest BCUT2D eigenvalue weighted by Gasteiger charge is 2.36. The van der Waals surface area contributed by atoms with Crippen molar-refractivity contribution in [3.63, 3.8) is 0 Å². The van der Waals surface area contributed by atoms with Crippen LogP contribution in [0.1, 0.15) is 25.0 Å². The third kappa shape index (κ3) is 3.16. The molecule has 0 fully saturated rings. The third-order valence-electron chi connectivity index (χ3n) is 9.07. The zero-order chi connectivity index (χ0) is 28.0. The SMILES string of the molecule is CC1(C)c2ccccc2-c2ccc(N(c3ccc4oc5ccccc5c4c3)c3cccc4oc5ccccc5c34)cc21. The summed E-state index contributed by atoms with van der Waals surface area (Å²) in [4.78, 5) is 2.38. The second-order valence-corrected chi connectivity index (χ2v) is 11.8. The van der Waals surface area contributed by atoms with Crippen molar-refractivity contribution in [3.8, 4) is 11.1 Å². The van der Waals surface area contributed by atoms with Crippen LogP contribution in [0.2, 0.25) is 0 Å². The number of benzene rings is 6. The Hall–Kier alpha value is -5.28. The van der Waals surface area contributed by atoms with Gasteiger partial charge in [0.05, 0.1) is 11.1 Å². The molecule has 200 valence electrons. The lowest BCUT2D eigenvalue weighted by atomic mass is 9.82. The lowest BCUT2D eigenvalue weighted by Crippen LogP contribution is -2.16. The zero-order valence-electron chi connectivity index (χ0n) is 23.4. The Morgan fingerprint density at radius 2 is 1.10 bits per heavy atom. The second-order valence-electron chi connectivity index (χ2n) is 11.8. The van der Waals surface area contributed by atoms with Crippen LogP contribution in [0, 0.1) is 0 Å². The molecule has 2 heterocycles. The van der Waals surface area contributed by atoms with Crippen LogP contribution in [-0.4, -0.2) is 0 Å². The summed E-state index contributed by atoms with van der Waals surface area (Å²) in [6.45, 7) is 4.67. The maximum absolute atomic E-state index is 6.34. The largest absolute Gasteiger partial charge is 0.456 e. The van der Waals surface area contributed by atoms with Crippen LogP contribution < -0.4 is 4.90 Å². The third-order valence-corrected chi connectivity index (χ3v) is 9.07. The predicted molar refractivity (Wildman–Crippen MR) is 173 cm³/mol. The summed E-state index contributed by atoms with van der Waals surface area (Å²) in [7, 11) is 0. The molecule has 0 N–H and O–H groups in total.